The predicted octanol–water partition coefficient (Wildman–Crippen LogP) is 0.655. The summed E-state index contributed by atoms with van der Waals surface area (Å²) in [7, 11) is -1.22. The highest BCUT2D eigenvalue weighted by molar-refractivity contribution is 7.92. The molecule has 0 amide bonds. The maximum absolute atomic E-state index is 11.4. The molecule has 15 heavy (non-hydrogen) atoms. The zero-order chi connectivity index (χ0) is 11.7. The van der Waals surface area contributed by atoms with Crippen LogP contribution in [0.15, 0.2) is 12.4 Å². The average molecular weight is 231 g/mol. The Balaban J connectivity index is 2.70. The van der Waals surface area contributed by atoms with Gasteiger partial charge < -0.3 is 9.88 Å². The number of hydrogen-bond donors (Lipinski definition) is 1. The van der Waals surface area contributed by atoms with Gasteiger partial charge in [0.05, 0.1) is 4.75 Å². The summed E-state index contributed by atoms with van der Waals surface area (Å²) in [4.78, 5) is 4.06. The Bertz CT molecular complexity index is 434. The van der Waals surface area contributed by atoms with Crippen LogP contribution in [0.1, 0.15) is 13.8 Å². The Labute approximate surface area is 90.4 Å². The monoisotopic (exact) mass is 231 g/mol. The normalized spacial score (nSPS) is 12.8. The molecule has 0 saturated heterocycles. The van der Waals surface area contributed by atoms with Crippen LogP contribution in [0.25, 0.3) is 0 Å². The molecule has 5 nitrogen and oxygen atoms in total. The van der Waals surface area contributed by atoms with Gasteiger partial charge in [-0.3, -0.25) is 0 Å². The van der Waals surface area contributed by atoms with Gasteiger partial charge in [0.25, 0.3) is 0 Å². The highest BCUT2D eigenvalue weighted by atomic mass is 32.2. The topological polar surface area (TPSA) is 64.0 Å². The maximum atomic E-state index is 11.4. The van der Waals surface area contributed by atoms with Gasteiger partial charge in [-0.2, -0.15) is 0 Å². The van der Waals surface area contributed by atoms with Crippen molar-refractivity contribution in [3.63, 3.8) is 0 Å². The molecule has 1 heterocycles. The fourth-order valence-electron chi connectivity index (χ4n) is 0.959. The third-order valence-corrected chi connectivity index (χ3v) is 4.65. The Kier molecular flexibility index (Phi) is 3.08. The standard InChI is InChI=1S/C9H17N3O2S/c1-9(2,15(4,13)14)7-11-8-10-5-6-12(8)3/h5-6H,7H2,1-4H3,(H,10,11). The van der Waals surface area contributed by atoms with Gasteiger partial charge in [0.2, 0.25) is 5.95 Å². The van der Waals surface area contributed by atoms with Crippen LogP contribution >= 0.6 is 0 Å². The zero-order valence-electron chi connectivity index (χ0n) is 9.48. The number of sulfone groups is 1. The van der Waals surface area contributed by atoms with Crippen LogP contribution in [0, 0.1) is 0 Å². The van der Waals surface area contributed by atoms with E-state index in [4.69, 9.17) is 0 Å². The predicted molar refractivity (Wildman–Crippen MR) is 60.6 cm³/mol. The lowest BCUT2D eigenvalue weighted by molar-refractivity contribution is 0.559. The van der Waals surface area contributed by atoms with Gasteiger partial charge >= 0.3 is 0 Å². The number of aryl methyl sites for hydroxylation is 1. The van der Waals surface area contributed by atoms with E-state index in [2.05, 4.69) is 10.3 Å². The molecule has 86 valence electrons. The molecular formula is C9H17N3O2S. The molecule has 0 radical (unpaired) electrons. The number of rotatable bonds is 4. The van der Waals surface area contributed by atoms with Crippen molar-refractivity contribution in [3.05, 3.63) is 12.4 Å². The Morgan fingerprint density at radius 3 is 2.53 bits per heavy atom. The van der Waals surface area contributed by atoms with E-state index in [1.54, 1.807) is 30.8 Å². The number of anilines is 1. The summed E-state index contributed by atoms with van der Waals surface area (Å²) in [6.07, 6.45) is 4.71. The first-order chi connectivity index (χ1) is 6.74. The van der Waals surface area contributed by atoms with Crippen LogP contribution < -0.4 is 5.32 Å². The van der Waals surface area contributed by atoms with Crippen molar-refractivity contribution in [2.75, 3.05) is 18.1 Å². The molecule has 1 rings (SSSR count). The van der Waals surface area contributed by atoms with Crippen LogP contribution in [0.5, 0.6) is 0 Å². The minimum Gasteiger partial charge on any atom is -0.354 e. The van der Waals surface area contributed by atoms with E-state index >= 15 is 0 Å². The van der Waals surface area contributed by atoms with Crippen molar-refractivity contribution in [1.82, 2.24) is 9.55 Å². The number of nitrogens with one attached hydrogen (secondary N) is 1. The highest BCUT2D eigenvalue weighted by Crippen LogP contribution is 2.15. The van der Waals surface area contributed by atoms with Gasteiger partial charge in [0.1, 0.15) is 0 Å². The first-order valence-corrected chi connectivity index (χ1v) is 6.54. The summed E-state index contributed by atoms with van der Waals surface area (Å²) in [5.41, 5.74) is 0. The summed E-state index contributed by atoms with van der Waals surface area (Å²) in [6, 6.07) is 0. The molecule has 0 aliphatic rings. The molecule has 0 bridgehead atoms. The van der Waals surface area contributed by atoms with Crippen LogP contribution in [0.3, 0.4) is 0 Å². The summed E-state index contributed by atoms with van der Waals surface area (Å²) in [5.74, 6) is 0.673. The first kappa shape index (κ1) is 12.0. The van der Waals surface area contributed by atoms with E-state index in [-0.39, 0.29) is 0 Å². The minimum atomic E-state index is -3.07. The molecule has 0 aromatic carbocycles. The van der Waals surface area contributed by atoms with Gasteiger partial charge in [0.15, 0.2) is 9.84 Å². The van der Waals surface area contributed by atoms with Gasteiger partial charge in [-0.25, -0.2) is 13.4 Å². The van der Waals surface area contributed by atoms with Crippen molar-refractivity contribution in [2.24, 2.45) is 7.05 Å². The molecule has 1 N–H and O–H groups in total. The summed E-state index contributed by atoms with van der Waals surface area (Å²) >= 11 is 0. The quantitative estimate of drug-likeness (QED) is 0.826. The lowest BCUT2D eigenvalue weighted by atomic mass is 10.2. The molecule has 0 saturated carbocycles. The molecule has 1 aromatic heterocycles. The van der Waals surface area contributed by atoms with Crippen molar-refractivity contribution >= 4 is 15.8 Å². The van der Waals surface area contributed by atoms with Crippen LogP contribution in [0.2, 0.25) is 0 Å². The summed E-state index contributed by atoms with van der Waals surface area (Å²) in [5, 5.41) is 3.01. The number of hydrogen-bond acceptors (Lipinski definition) is 4. The van der Waals surface area contributed by atoms with E-state index in [9.17, 15) is 8.42 Å². The molecule has 0 unspecified atom stereocenters. The molecular weight excluding hydrogens is 214 g/mol. The Morgan fingerprint density at radius 1 is 1.53 bits per heavy atom. The maximum Gasteiger partial charge on any atom is 0.202 e. The molecule has 0 atom stereocenters. The van der Waals surface area contributed by atoms with E-state index in [0.29, 0.717) is 12.5 Å². The Morgan fingerprint density at radius 2 is 2.13 bits per heavy atom. The van der Waals surface area contributed by atoms with Gasteiger partial charge in [-0.15, -0.1) is 0 Å². The average Bonchev–Trinajstić information content (AvgIpc) is 2.46. The summed E-state index contributed by atoms with van der Waals surface area (Å²) < 4.78 is 23.9. The third kappa shape index (κ3) is 2.71. The smallest absolute Gasteiger partial charge is 0.202 e. The molecule has 0 aliphatic heterocycles. The van der Waals surface area contributed by atoms with Gasteiger partial charge in [0, 0.05) is 32.2 Å². The van der Waals surface area contributed by atoms with E-state index in [1.165, 1.54) is 6.26 Å². The van der Waals surface area contributed by atoms with Gasteiger partial charge in [-0.1, -0.05) is 0 Å². The lowest BCUT2D eigenvalue weighted by Gasteiger charge is -2.22. The fourth-order valence-corrected chi connectivity index (χ4v) is 1.29. The second-order valence-electron chi connectivity index (χ2n) is 4.25. The van der Waals surface area contributed by atoms with E-state index in [1.807, 2.05) is 7.05 Å². The molecule has 6 heteroatoms. The first-order valence-electron chi connectivity index (χ1n) is 4.65. The van der Waals surface area contributed by atoms with E-state index in [0.717, 1.165) is 0 Å². The Hall–Kier alpha value is -1.04. The van der Waals surface area contributed by atoms with Crippen LogP contribution in [-0.2, 0) is 16.9 Å². The molecule has 0 aliphatic carbocycles. The third-order valence-electron chi connectivity index (χ3n) is 2.50. The number of aromatic nitrogens is 2. The molecule has 0 fully saturated rings. The van der Waals surface area contributed by atoms with Crippen molar-refractivity contribution in [3.8, 4) is 0 Å². The van der Waals surface area contributed by atoms with Gasteiger partial charge in [-0.05, 0) is 13.8 Å². The highest BCUT2D eigenvalue weighted by Gasteiger charge is 2.30. The number of nitrogens with zero attached hydrogens (tertiary/aromatic N) is 2. The SMILES string of the molecule is Cn1ccnc1NCC(C)(C)S(C)(=O)=O. The molecule has 0 spiro atoms. The van der Waals surface area contributed by atoms with Crippen molar-refractivity contribution in [2.45, 2.75) is 18.6 Å². The summed E-state index contributed by atoms with van der Waals surface area (Å²) in [6.45, 7) is 3.73. The minimum absolute atomic E-state index is 0.344. The second-order valence-corrected chi connectivity index (χ2v) is 6.90. The van der Waals surface area contributed by atoms with E-state index < -0.39 is 14.6 Å². The van der Waals surface area contributed by atoms with Crippen LogP contribution in [0.4, 0.5) is 5.95 Å². The molecule has 1 aromatic rings. The lowest BCUT2D eigenvalue weighted by Crippen LogP contribution is -2.38. The number of imidazole rings is 1. The van der Waals surface area contributed by atoms with Crippen molar-refractivity contribution < 1.29 is 8.42 Å². The van der Waals surface area contributed by atoms with Crippen LogP contribution in [-0.4, -0.2) is 35.5 Å². The van der Waals surface area contributed by atoms with Crippen molar-refractivity contribution in [1.29, 1.82) is 0 Å². The zero-order valence-corrected chi connectivity index (χ0v) is 10.3. The second kappa shape index (κ2) is 3.84. The largest absolute Gasteiger partial charge is 0.354 e. The fraction of sp³-hybridized carbons (Fsp3) is 0.667.